The second-order valence-electron chi connectivity index (χ2n) is 11.5. The molecule has 0 radical (unpaired) electrons. The van der Waals surface area contributed by atoms with E-state index in [1.165, 1.54) is 12.1 Å². The SMILES string of the molecule is CC(C)(CCOCCOC(=O)C(F)(F)F)C[C@@H]1N[C@@H](C(=O)OC(=O)C(F)(F)F)[C@H](c2cccc(Cl)c2F)[C@@]1(C#N)c1ccc(Cl)cc1F. The number of esters is 3. The fourth-order valence-electron chi connectivity index (χ4n) is 5.51. The first-order valence-corrected chi connectivity index (χ1v) is 14.6. The van der Waals surface area contributed by atoms with E-state index in [4.69, 9.17) is 27.9 Å². The van der Waals surface area contributed by atoms with E-state index in [-0.39, 0.29) is 24.5 Å². The van der Waals surface area contributed by atoms with Crippen molar-refractivity contribution < 1.29 is 63.7 Å². The number of nitriles is 1. The zero-order valence-corrected chi connectivity index (χ0v) is 26.4. The van der Waals surface area contributed by atoms with Crippen LogP contribution in [0.4, 0.5) is 35.1 Å². The molecule has 0 aliphatic carbocycles. The third kappa shape index (κ3) is 8.73. The van der Waals surface area contributed by atoms with Gasteiger partial charge in [-0.15, -0.1) is 0 Å². The average Bonchev–Trinajstić information content (AvgIpc) is 3.28. The van der Waals surface area contributed by atoms with Gasteiger partial charge in [-0.3, -0.25) is 5.32 Å². The van der Waals surface area contributed by atoms with Crippen molar-refractivity contribution in [2.45, 2.75) is 62.5 Å². The lowest BCUT2D eigenvalue weighted by molar-refractivity contribution is -0.202. The number of nitrogens with zero attached hydrogens (tertiary/aromatic N) is 1. The van der Waals surface area contributed by atoms with Crippen LogP contribution in [0.15, 0.2) is 36.4 Å². The van der Waals surface area contributed by atoms with Crippen molar-refractivity contribution in [2.24, 2.45) is 5.41 Å². The lowest BCUT2D eigenvalue weighted by Gasteiger charge is -2.38. The number of halogens is 10. The van der Waals surface area contributed by atoms with Gasteiger partial charge in [-0.25, -0.2) is 23.2 Å². The minimum atomic E-state index is -5.61. The van der Waals surface area contributed by atoms with Crippen molar-refractivity contribution in [3.63, 3.8) is 0 Å². The molecule has 2 aromatic rings. The summed E-state index contributed by atoms with van der Waals surface area (Å²) in [6.45, 7) is 1.96. The molecule has 1 aliphatic rings. The zero-order valence-electron chi connectivity index (χ0n) is 24.9. The summed E-state index contributed by atoms with van der Waals surface area (Å²) in [5, 5.41) is 12.9. The molecule has 0 bridgehead atoms. The Kier molecular flexibility index (Phi) is 12.1. The van der Waals surface area contributed by atoms with Crippen LogP contribution in [0.2, 0.25) is 10.0 Å². The summed E-state index contributed by atoms with van der Waals surface area (Å²) < 4.78 is 121. The van der Waals surface area contributed by atoms with Crippen LogP contribution >= 0.6 is 23.2 Å². The van der Waals surface area contributed by atoms with E-state index in [1.54, 1.807) is 13.8 Å². The number of ether oxygens (including phenoxy) is 3. The Labute approximate surface area is 278 Å². The van der Waals surface area contributed by atoms with Crippen LogP contribution in [0.1, 0.15) is 43.7 Å². The van der Waals surface area contributed by atoms with Gasteiger partial charge in [-0.1, -0.05) is 55.2 Å². The van der Waals surface area contributed by atoms with Crippen molar-refractivity contribution in [1.82, 2.24) is 5.32 Å². The van der Waals surface area contributed by atoms with Gasteiger partial charge in [0.05, 0.1) is 17.7 Å². The number of rotatable bonds is 11. The van der Waals surface area contributed by atoms with Gasteiger partial charge >= 0.3 is 30.3 Å². The Hall–Kier alpha value is -3.52. The Morgan fingerprint density at radius 2 is 1.60 bits per heavy atom. The van der Waals surface area contributed by atoms with Gasteiger partial charge in [0.2, 0.25) is 0 Å². The van der Waals surface area contributed by atoms with E-state index in [9.17, 15) is 46.0 Å². The first-order chi connectivity index (χ1) is 22.2. The topological polar surface area (TPSA) is 115 Å². The Morgan fingerprint density at radius 3 is 2.19 bits per heavy atom. The fourth-order valence-corrected chi connectivity index (χ4v) is 5.86. The predicted octanol–water partition coefficient (Wildman–Crippen LogP) is 6.72. The molecule has 1 N–H and O–H groups in total. The predicted molar refractivity (Wildman–Crippen MR) is 152 cm³/mol. The first-order valence-electron chi connectivity index (χ1n) is 13.9. The van der Waals surface area contributed by atoms with Crippen molar-refractivity contribution in [3.05, 3.63) is 69.2 Å². The molecule has 3 rings (SSSR count). The van der Waals surface area contributed by atoms with Crippen LogP contribution < -0.4 is 5.32 Å². The summed E-state index contributed by atoms with van der Waals surface area (Å²) in [6, 6.07) is 5.10. The molecule has 1 saturated heterocycles. The van der Waals surface area contributed by atoms with Gasteiger partial charge in [0.25, 0.3) is 0 Å². The monoisotopic (exact) mass is 732 g/mol. The molecule has 48 heavy (non-hydrogen) atoms. The van der Waals surface area contributed by atoms with Crippen LogP contribution in [-0.4, -0.2) is 62.2 Å². The lowest BCUT2D eigenvalue weighted by Crippen LogP contribution is -2.45. The molecular weight excluding hydrogens is 707 g/mol. The maximum Gasteiger partial charge on any atom is 0.491 e. The molecule has 2 aromatic carbocycles. The average molecular weight is 733 g/mol. The molecule has 1 fully saturated rings. The third-order valence-electron chi connectivity index (χ3n) is 7.68. The second-order valence-corrected chi connectivity index (χ2v) is 12.3. The largest absolute Gasteiger partial charge is 0.491 e. The zero-order chi connectivity index (χ0) is 36.2. The number of benzene rings is 2. The highest BCUT2D eigenvalue weighted by atomic mass is 35.5. The summed E-state index contributed by atoms with van der Waals surface area (Å²) in [5.74, 6) is -11.2. The number of hydrogen-bond donors (Lipinski definition) is 1. The summed E-state index contributed by atoms with van der Waals surface area (Å²) in [5.41, 5.74) is -4.16. The fraction of sp³-hybridized carbons (Fsp3) is 0.467. The number of nitrogens with one attached hydrogen (secondary N) is 1. The van der Waals surface area contributed by atoms with Crippen molar-refractivity contribution >= 4 is 41.1 Å². The molecule has 0 amide bonds. The number of carbonyl (C=O) groups is 3. The normalized spacial score (nSPS) is 21.4. The van der Waals surface area contributed by atoms with Crippen molar-refractivity contribution in [3.8, 4) is 6.07 Å². The van der Waals surface area contributed by atoms with Gasteiger partial charge in [0.1, 0.15) is 29.7 Å². The quantitative estimate of drug-likeness (QED) is 0.117. The van der Waals surface area contributed by atoms with Crippen molar-refractivity contribution in [2.75, 3.05) is 19.8 Å². The van der Waals surface area contributed by atoms with Crippen LogP contribution in [0.3, 0.4) is 0 Å². The van der Waals surface area contributed by atoms with Gasteiger partial charge in [0, 0.05) is 29.2 Å². The number of alkyl halides is 6. The van der Waals surface area contributed by atoms with Gasteiger partial charge in [-0.05, 0) is 42.0 Å². The van der Waals surface area contributed by atoms with Crippen LogP contribution in [0, 0.1) is 28.4 Å². The summed E-state index contributed by atoms with van der Waals surface area (Å²) >= 11 is 11.9. The molecule has 1 heterocycles. The summed E-state index contributed by atoms with van der Waals surface area (Å²) in [7, 11) is 0. The molecular formula is C30H26Cl2F8N2O6. The molecule has 262 valence electrons. The highest BCUT2D eigenvalue weighted by Crippen LogP contribution is 2.53. The molecule has 18 heteroatoms. The van der Waals surface area contributed by atoms with Crippen molar-refractivity contribution in [1.29, 1.82) is 5.26 Å². The Balaban J connectivity index is 2.05. The van der Waals surface area contributed by atoms with E-state index in [0.29, 0.717) is 0 Å². The van der Waals surface area contributed by atoms with Gasteiger partial charge in [0.15, 0.2) is 0 Å². The molecule has 4 atom stereocenters. The number of carbonyl (C=O) groups excluding carboxylic acids is 3. The maximum absolute atomic E-state index is 15.7. The minimum Gasteiger partial charge on any atom is -0.457 e. The Bertz CT molecular complexity index is 1580. The molecule has 1 aliphatic heterocycles. The van der Waals surface area contributed by atoms with Gasteiger partial charge < -0.3 is 14.2 Å². The third-order valence-corrected chi connectivity index (χ3v) is 8.21. The Morgan fingerprint density at radius 1 is 0.958 bits per heavy atom. The number of hydrogen-bond acceptors (Lipinski definition) is 8. The molecule has 0 spiro atoms. The second kappa shape index (κ2) is 14.9. The molecule has 0 unspecified atom stereocenters. The molecule has 8 nitrogen and oxygen atoms in total. The van der Waals surface area contributed by atoms with E-state index < -0.39 is 100 Å². The van der Waals surface area contributed by atoms with E-state index in [2.05, 4.69) is 14.8 Å². The smallest absolute Gasteiger partial charge is 0.457 e. The summed E-state index contributed by atoms with van der Waals surface area (Å²) in [6.07, 6.45) is -10.9. The standard InChI is InChI=1S/C30H26Cl2F8N2O6/c1-27(2,8-9-46-10-11-47-25(44)29(35,36)37)13-20-28(14-41,17-7-6-15(31)12-19(17)33)21(16-4-3-5-18(32)22(16)34)23(42-20)24(43)48-26(45)30(38,39)40/h3-7,12,20-21,23,42H,8-11,13H2,1-2H3/t20-,21-,23+,28-/m0/s1. The maximum atomic E-state index is 15.7. The van der Waals surface area contributed by atoms with E-state index in [1.807, 2.05) is 6.07 Å². The van der Waals surface area contributed by atoms with Crippen LogP contribution in [0.5, 0.6) is 0 Å². The highest BCUT2D eigenvalue weighted by Gasteiger charge is 2.62. The van der Waals surface area contributed by atoms with Crippen LogP contribution in [0.25, 0.3) is 0 Å². The molecule has 0 saturated carbocycles. The highest BCUT2D eigenvalue weighted by molar-refractivity contribution is 6.31. The molecule has 0 aromatic heterocycles. The van der Waals surface area contributed by atoms with Gasteiger partial charge in [-0.2, -0.15) is 31.6 Å². The van der Waals surface area contributed by atoms with Crippen LogP contribution in [-0.2, 0) is 34.0 Å². The van der Waals surface area contributed by atoms with E-state index >= 15 is 8.78 Å². The summed E-state index contributed by atoms with van der Waals surface area (Å²) in [4.78, 5) is 35.7. The lowest BCUT2D eigenvalue weighted by atomic mass is 9.62. The minimum absolute atomic E-state index is 0.0842. The first kappa shape index (κ1) is 38.9. The van der Waals surface area contributed by atoms with E-state index in [0.717, 1.165) is 24.3 Å².